The largest absolute Gasteiger partial charge is 0.326 e. The van der Waals surface area contributed by atoms with E-state index in [2.05, 4.69) is 0 Å². The highest BCUT2D eigenvalue weighted by Crippen LogP contribution is 2.58. The number of likely N-dealkylation sites (tertiary alicyclic amines) is 1. The van der Waals surface area contributed by atoms with Crippen LogP contribution in [-0.2, 0) is 9.59 Å². The standard InChI is InChI=1S/C11H17BN2O2/c1-5(13)4-14-10(15)8-6-2-3-7(12-6)9(8)11(14)16/h5-9,12H,2-4,13H2,1H3/t5-,6?,7?,8?,9?/m1/s1. The van der Waals surface area contributed by atoms with Gasteiger partial charge >= 0.3 is 0 Å². The van der Waals surface area contributed by atoms with Crippen molar-refractivity contribution in [3.8, 4) is 0 Å². The van der Waals surface area contributed by atoms with E-state index in [4.69, 9.17) is 5.73 Å². The number of fused-ring (bicyclic) bond motifs is 5. The lowest BCUT2D eigenvalue weighted by atomic mass is 9.64. The first kappa shape index (κ1) is 10.3. The third kappa shape index (κ3) is 1.21. The molecule has 0 aromatic heterocycles. The molecule has 0 aromatic rings. The van der Waals surface area contributed by atoms with Crippen molar-refractivity contribution in [3.05, 3.63) is 0 Å². The van der Waals surface area contributed by atoms with Crippen LogP contribution in [0.2, 0.25) is 11.6 Å². The van der Waals surface area contributed by atoms with E-state index in [1.54, 1.807) is 0 Å². The molecule has 3 fully saturated rings. The lowest BCUT2D eigenvalue weighted by Crippen LogP contribution is -2.40. The van der Waals surface area contributed by atoms with Crippen molar-refractivity contribution >= 4 is 19.1 Å². The molecular formula is C11H17BN2O2. The molecule has 3 rings (SSSR count). The van der Waals surface area contributed by atoms with Crippen LogP contribution in [0.1, 0.15) is 19.8 Å². The van der Waals surface area contributed by atoms with Gasteiger partial charge in [0.25, 0.3) is 0 Å². The summed E-state index contributed by atoms with van der Waals surface area (Å²) in [5.74, 6) is 1.07. The predicted octanol–water partition coefficient (Wildman–Crippen LogP) is -0.244. The zero-order valence-electron chi connectivity index (χ0n) is 9.56. The topological polar surface area (TPSA) is 63.4 Å². The van der Waals surface area contributed by atoms with Crippen molar-refractivity contribution in [3.63, 3.8) is 0 Å². The third-order valence-corrected chi connectivity index (χ3v) is 4.49. The molecule has 4 nitrogen and oxygen atoms in total. The van der Waals surface area contributed by atoms with E-state index < -0.39 is 0 Å². The lowest BCUT2D eigenvalue weighted by Gasteiger charge is -2.20. The fraction of sp³-hybridized carbons (Fsp3) is 0.818. The first-order valence-electron chi connectivity index (χ1n) is 6.20. The maximum Gasteiger partial charge on any atom is 0.232 e. The van der Waals surface area contributed by atoms with Gasteiger partial charge in [-0.1, -0.05) is 24.5 Å². The quantitative estimate of drug-likeness (QED) is 0.515. The van der Waals surface area contributed by atoms with Gasteiger partial charge in [0.05, 0.1) is 0 Å². The van der Waals surface area contributed by atoms with Crippen LogP contribution in [0.3, 0.4) is 0 Å². The number of carbonyl (C=O) groups excluding carboxylic acids is 2. The summed E-state index contributed by atoms with van der Waals surface area (Å²) in [6, 6.07) is -0.121. The molecular weight excluding hydrogens is 203 g/mol. The SMILES string of the molecule is C[C@@H](N)CN1C(=O)C2C3BC(CC3)C2C1=O. The Balaban J connectivity index is 1.86. The summed E-state index contributed by atoms with van der Waals surface area (Å²) in [6.07, 6.45) is 2.27. The number of carbonyl (C=O) groups is 2. The van der Waals surface area contributed by atoms with Crippen LogP contribution in [0.15, 0.2) is 0 Å². The third-order valence-electron chi connectivity index (χ3n) is 4.49. The van der Waals surface area contributed by atoms with Crippen LogP contribution in [0.25, 0.3) is 0 Å². The molecule has 16 heavy (non-hydrogen) atoms. The van der Waals surface area contributed by atoms with Gasteiger partial charge in [0, 0.05) is 24.4 Å². The molecule has 3 heterocycles. The van der Waals surface area contributed by atoms with Crippen molar-refractivity contribution in [2.75, 3.05) is 6.54 Å². The fourth-order valence-corrected chi connectivity index (χ4v) is 3.94. The Morgan fingerprint density at radius 3 is 2.25 bits per heavy atom. The lowest BCUT2D eigenvalue weighted by molar-refractivity contribution is -0.140. The van der Waals surface area contributed by atoms with Crippen LogP contribution in [-0.4, -0.2) is 36.6 Å². The van der Waals surface area contributed by atoms with Crippen molar-refractivity contribution in [1.29, 1.82) is 0 Å². The molecule has 2 amide bonds. The van der Waals surface area contributed by atoms with E-state index in [9.17, 15) is 9.59 Å². The van der Waals surface area contributed by atoms with Gasteiger partial charge in [-0.15, -0.1) is 0 Å². The summed E-state index contributed by atoms with van der Waals surface area (Å²) in [7, 11) is 1.10. The number of hydrogen-bond donors (Lipinski definition) is 1. The summed E-state index contributed by atoms with van der Waals surface area (Å²) in [4.78, 5) is 25.8. The molecule has 5 heteroatoms. The van der Waals surface area contributed by atoms with Gasteiger partial charge in [0.2, 0.25) is 11.8 Å². The van der Waals surface area contributed by atoms with Crippen LogP contribution < -0.4 is 5.73 Å². The Kier molecular flexibility index (Phi) is 2.15. The number of hydrogen-bond acceptors (Lipinski definition) is 3. The van der Waals surface area contributed by atoms with Crippen molar-refractivity contribution in [2.45, 2.75) is 37.4 Å². The minimum atomic E-state index is -0.121. The summed E-state index contributed by atoms with van der Waals surface area (Å²) >= 11 is 0. The highest BCUT2D eigenvalue weighted by molar-refractivity contribution is 6.45. The monoisotopic (exact) mass is 220 g/mol. The minimum absolute atomic E-state index is 0.00463. The van der Waals surface area contributed by atoms with E-state index in [0.717, 1.165) is 20.1 Å². The smallest absolute Gasteiger partial charge is 0.232 e. The van der Waals surface area contributed by atoms with Crippen LogP contribution >= 0.6 is 0 Å². The molecule has 0 saturated carbocycles. The van der Waals surface area contributed by atoms with Crippen LogP contribution in [0.5, 0.6) is 0 Å². The van der Waals surface area contributed by atoms with Gasteiger partial charge in [-0.3, -0.25) is 14.5 Å². The van der Waals surface area contributed by atoms with Crippen molar-refractivity contribution < 1.29 is 9.59 Å². The molecule has 0 aliphatic carbocycles. The van der Waals surface area contributed by atoms with Gasteiger partial charge in [-0.05, 0) is 6.92 Å². The van der Waals surface area contributed by atoms with E-state index in [1.165, 1.54) is 4.90 Å². The van der Waals surface area contributed by atoms with Gasteiger partial charge < -0.3 is 5.73 Å². The number of imide groups is 1. The Morgan fingerprint density at radius 2 is 1.81 bits per heavy atom. The Bertz CT molecular complexity index is 330. The molecule has 0 aromatic carbocycles. The fourth-order valence-electron chi connectivity index (χ4n) is 3.94. The second kappa shape index (κ2) is 3.33. The number of rotatable bonds is 2. The predicted molar refractivity (Wildman–Crippen MR) is 61.2 cm³/mol. The van der Waals surface area contributed by atoms with E-state index in [1.807, 2.05) is 6.92 Å². The number of amides is 2. The second-order valence-corrected chi connectivity index (χ2v) is 5.65. The highest BCUT2D eigenvalue weighted by Gasteiger charge is 2.60. The summed E-state index contributed by atoms with van der Waals surface area (Å²) < 4.78 is 0. The zero-order valence-corrected chi connectivity index (χ0v) is 9.56. The number of nitrogens with zero attached hydrogens (tertiary/aromatic N) is 1. The first-order valence-corrected chi connectivity index (χ1v) is 6.20. The maximum absolute atomic E-state index is 12.2. The van der Waals surface area contributed by atoms with E-state index in [0.29, 0.717) is 18.2 Å². The van der Waals surface area contributed by atoms with Gasteiger partial charge in [-0.25, -0.2) is 0 Å². The second-order valence-electron chi connectivity index (χ2n) is 5.65. The van der Waals surface area contributed by atoms with E-state index >= 15 is 0 Å². The Labute approximate surface area is 95.8 Å². The molecule has 4 unspecified atom stereocenters. The molecule has 2 bridgehead atoms. The average molecular weight is 220 g/mol. The summed E-state index contributed by atoms with van der Waals surface area (Å²) in [5, 5.41) is 0. The minimum Gasteiger partial charge on any atom is -0.326 e. The molecule has 86 valence electrons. The van der Waals surface area contributed by atoms with Gasteiger partial charge in [-0.2, -0.15) is 0 Å². The van der Waals surface area contributed by atoms with Gasteiger partial charge in [0.1, 0.15) is 7.28 Å². The summed E-state index contributed by atoms with van der Waals surface area (Å²) in [5.41, 5.74) is 5.69. The zero-order chi connectivity index (χ0) is 11.4. The first-order chi connectivity index (χ1) is 7.59. The molecule has 3 aliphatic heterocycles. The number of nitrogens with two attached hydrogens (primary N) is 1. The summed E-state index contributed by atoms with van der Waals surface area (Å²) in [6.45, 7) is 2.23. The van der Waals surface area contributed by atoms with E-state index in [-0.39, 0.29) is 29.7 Å². The Hall–Kier alpha value is -0.835. The molecule has 2 N–H and O–H groups in total. The van der Waals surface area contributed by atoms with Crippen LogP contribution in [0, 0.1) is 11.8 Å². The van der Waals surface area contributed by atoms with Crippen molar-refractivity contribution in [1.82, 2.24) is 4.90 Å². The highest BCUT2D eigenvalue weighted by atomic mass is 16.2. The molecule has 0 spiro atoms. The normalized spacial score (nSPS) is 42.5. The van der Waals surface area contributed by atoms with Crippen LogP contribution in [0.4, 0.5) is 0 Å². The average Bonchev–Trinajstić information content (AvgIpc) is 2.87. The Morgan fingerprint density at radius 1 is 1.31 bits per heavy atom. The van der Waals surface area contributed by atoms with Gasteiger partial charge in [0.15, 0.2) is 0 Å². The molecule has 3 saturated heterocycles. The maximum atomic E-state index is 12.2. The molecule has 0 radical (unpaired) electrons. The molecule has 3 aliphatic rings. The van der Waals surface area contributed by atoms with Crippen molar-refractivity contribution in [2.24, 2.45) is 17.6 Å². The molecule has 5 atom stereocenters.